The lowest BCUT2D eigenvalue weighted by Crippen LogP contribution is -2.35. The minimum Gasteiger partial charge on any atom is -0.493 e. The van der Waals surface area contributed by atoms with Gasteiger partial charge in [0.1, 0.15) is 11.5 Å². The van der Waals surface area contributed by atoms with Crippen molar-refractivity contribution >= 4 is 0 Å². The highest BCUT2D eigenvalue weighted by atomic mass is 16.5. The van der Waals surface area contributed by atoms with Gasteiger partial charge < -0.3 is 34.1 Å². The summed E-state index contributed by atoms with van der Waals surface area (Å²) in [4.78, 5) is 4.81. The Hall–Kier alpha value is -4.28. The Bertz CT molecular complexity index is 1890. The minimum absolute atomic E-state index is 0.0603. The third-order valence-corrected chi connectivity index (χ3v) is 10.9. The lowest BCUT2D eigenvalue weighted by Gasteiger charge is -2.39. The lowest BCUT2D eigenvalue weighted by molar-refractivity contribution is 0.218. The van der Waals surface area contributed by atoms with Gasteiger partial charge in [-0.15, -0.1) is 0 Å². The van der Waals surface area contributed by atoms with Gasteiger partial charge in [0.2, 0.25) is 5.75 Å². The van der Waals surface area contributed by atoms with Crippen LogP contribution in [-0.2, 0) is 38.8 Å². The van der Waals surface area contributed by atoms with Crippen LogP contribution in [0.5, 0.6) is 40.2 Å². The highest BCUT2D eigenvalue weighted by molar-refractivity contribution is 5.67. The van der Waals surface area contributed by atoms with Crippen molar-refractivity contribution in [1.82, 2.24) is 15.1 Å². The van der Waals surface area contributed by atoms with E-state index in [-0.39, 0.29) is 24.7 Å². The van der Waals surface area contributed by atoms with Gasteiger partial charge in [-0.1, -0.05) is 32.0 Å². The van der Waals surface area contributed by atoms with Crippen LogP contribution >= 0.6 is 0 Å². The molecule has 0 aliphatic carbocycles. The Morgan fingerprint density at radius 3 is 2.22 bits per heavy atom. The first-order chi connectivity index (χ1) is 24.7. The largest absolute Gasteiger partial charge is 0.493 e. The van der Waals surface area contributed by atoms with Gasteiger partial charge in [-0.05, 0) is 104 Å². The van der Waals surface area contributed by atoms with Crippen LogP contribution in [0.4, 0.5) is 0 Å². The first-order valence-electron chi connectivity index (χ1n) is 18.0. The van der Waals surface area contributed by atoms with Crippen molar-refractivity contribution in [2.45, 2.75) is 70.8 Å². The number of fused-ring (bicyclic) bond motifs is 2. The molecule has 4 heterocycles. The van der Waals surface area contributed by atoms with Crippen LogP contribution in [0.25, 0.3) is 0 Å². The topological polar surface area (TPSA) is 84.9 Å². The van der Waals surface area contributed by atoms with Crippen LogP contribution < -0.4 is 29.0 Å². The lowest BCUT2D eigenvalue weighted by atomic mass is 9.84. The number of rotatable bonds is 7. The van der Waals surface area contributed by atoms with E-state index in [4.69, 9.17) is 23.7 Å². The highest BCUT2D eigenvalue weighted by Crippen LogP contribution is 2.53. The van der Waals surface area contributed by atoms with E-state index in [2.05, 4.69) is 79.5 Å². The molecule has 4 aliphatic heterocycles. The number of benzene rings is 4. The molecule has 0 radical (unpaired) electrons. The average Bonchev–Trinajstić information content (AvgIpc) is 3.13. The maximum Gasteiger partial charge on any atom is 0.204 e. The van der Waals surface area contributed by atoms with Crippen LogP contribution in [0, 0.1) is 0 Å². The summed E-state index contributed by atoms with van der Waals surface area (Å²) in [6.07, 6.45) is 3.23. The Kier molecular flexibility index (Phi) is 10.2. The van der Waals surface area contributed by atoms with Gasteiger partial charge >= 0.3 is 0 Å². The molecule has 0 spiro atoms. The number of hydrogen-bond acceptors (Lipinski definition) is 9. The van der Waals surface area contributed by atoms with E-state index in [1.165, 1.54) is 22.3 Å². The Labute approximate surface area is 302 Å². The van der Waals surface area contributed by atoms with Crippen LogP contribution in [-0.4, -0.2) is 69.5 Å². The van der Waals surface area contributed by atoms with Crippen molar-refractivity contribution in [2.24, 2.45) is 0 Å². The molecule has 8 rings (SSSR count). The number of aliphatic hydroxyl groups excluding tert-OH is 1. The third-order valence-electron chi connectivity index (χ3n) is 10.9. The summed E-state index contributed by atoms with van der Waals surface area (Å²) in [7, 11) is 9.42. The van der Waals surface area contributed by atoms with E-state index in [0.29, 0.717) is 47.5 Å². The standard InChI is InChI=1S/C42H51N3O6/c1-25(2)43-23-33-31-15-17-45(4)35-19-27-10-13-36(47-5)38(20-27)50-30-11-8-26(9-12-30)18-34-32-22-37(29(24-46)21-28(32)14-16-44(34)3)51-41(39(31)35)42(49-7)40(33)48-6/h8-13,20-22,25,34-35,43,46H,14-19,23-24H2,1-7H3/t34-,35-/m0/s1. The number of aliphatic hydroxyl groups is 1. The van der Waals surface area contributed by atoms with Gasteiger partial charge in [0.05, 0.1) is 27.9 Å². The fraction of sp³-hybridized carbons (Fsp3) is 0.429. The van der Waals surface area contributed by atoms with Crippen LogP contribution in [0.2, 0.25) is 0 Å². The fourth-order valence-electron chi connectivity index (χ4n) is 8.05. The average molecular weight is 694 g/mol. The van der Waals surface area contributed by atoms with Crippen molar-refractivity contribution in [2.75, 3.05) is 48.5 Å². The van der Waals surface area contributed by atoms with E-state index in [0.717, 1.165) is 60.4 Å². The van der Waals surface area contributed by atoms with Crippen LogP contribution in [0.3, 0.4) is 0 Å². The highest BCUT2D eigenvalue weighted by Gasteiger charge is 2.37. The van der Waals surface area contributed by atoms with Gasteiger partial charge in [-0.2, -0.15) is 0 Å². The van der Waals surface area contributed by atoms with E-state index in [1.54, 1.807) is 21.3 Å². The molecule has 0 saturated heterocycles. The number of ether oxygens (including phenoxy) is 5. The second-order valence-corrected chi connectivity index (χ2v) is 14.4. The smallest absolute Gasteiger partial charge is 0.204 e. The van der Waals surface area contributed by atoms with Gasteiger partial charge in [0, 0.05) is 54.5 Å². The summed E-state index contributed by atoms with van der Waals surface area (Å²) in [5.41, 5.74) is 8.89. The van der Waals surface area contributed by atoms with Gasteiger partial charge in [-0.3, -0.25) is 9.80 Å². The Morgan fingerprint density at radius 1 is 0.804 bits per heavy atom. The van der Waals surface area contributed by atoms with Crippen molar-refractivity contribution in [3.8, 4) is 40.2 Å². The molecule has 51 heavy (non-hydrogen) atoms. The molecule has 9 heteroatoms. The number of likely N-dealkylation sites (N-methyl/N-ethyl adjacent to an activating group) is 2. The third kappa shape index (κ3) is 6.76. The molecule has 9 nitrogen and oxygen atoms in total. The zero-order chi connectivity index (χ0) is 35.8. The van der Waals surface area contributed by atoms with E-state index >= 15 is 0 Å². The number of methoxy groups -OCH3 is 3. The molecular formula is C42H51N3O6. The predicted octanol–water partition coefficient (Wildman–Crippen LogP) is 7.14. The van der Waals surface area contributed by atoms with Crippen molar-refractivity contribution in [1.29, 1.82) is 0 Å². The summed E-state index contributed by atoms with van der Waals surface area (Å²) < 4.78 is 31.8. The molecule has 4 aromatic carbocycles. The first-order valence-corrected chi connectivity index (χ1v) is 18.0. The summed E-state index contributed by atoms with van der Waals surface area (Å²) in [6.45, 7) is 6.58. The second kappa shape index (κ2) is 14.8. The number of hydrogen-bond donors (Lipinski definition) is 2. The molecule has 0 amide bonds. The monoisotopic (exact) mass is 693 g/mol. The minimum atomic E-state index is -0.138. The maximum absolute atomic E-state index is 10.8. The van der Waals surface area contributed by atoms with Crippen molar-refractivity contribution in [3.05, 3.63) is 99.1 Å². The van der Waals surface area contributed by atoms with Gasteiger partial charge in [0.15, 0.2) is 23.0 Å². The summed E-state index contributed by atoms with van der Waals surface area (Å²) >= 11 is 0. The molecule has 0 unspecified atom stereocenters. The maximum atomic E-state index is 10.8. The zero-order valence-corrected chi connectivity index (χ0v) is 31.0. The summed E-state index contributed by atoms with van der Waals surface area (Å²) in [5, 5.41) is 14.4. The number of nitrogens with one attached hydrogen (secondary N) is 1. The van der Waals surface area contributed by atoms with Crippen molar-refractivity contribution < 1.29 is 28.8 Å². The molecule has 0 fully saturated rings. The summed E-state index contributed by atoms with van der Waals surface area (Å²) in [6, 6.07) is 19.2. The quantitative estimate of drug-likeness (QED) is 0.210. The Balaban J connectivity index is 1.49. The zero-order valence-electron chi connectivity index (χ0n) is 31.0. The molecule has 270 valence electrons. The molecular weight excluding hydrogens is 642 g/mol. The van der Waals surface area contributed by atoms with Gasteiger partial charge in [0.25, 0.3) is 0 Å². The van der Waals surface area contributed by atoms with E-state index < -0.39 is 0 Å². The SMILES string of the molecule is COc1ccc2cc1Oc1ccc(cc1)C[C@H]1c3cc(c(CO)cc3CCN1C)Oc1c(OC)c(OC)c(CNC(C)C)c3c1[C@H](C2)N(C)CC3. The van der Waals surface area contributed by atoms with Gasteiger partial charge in [-0.25, -0.2) is 0 Å². The normalized spacial score (nSPS) is 18.7. The molecule has 0 saturated carbocycles. The fourth-order valence-corrected chi connectivity index (χ4v) is 8.05. The van der Waals surface area contributed by atoms with Crippen LogP contribution in [0.15, 0.2) is 54.6 Å². The first kappa shape index (κ1) is 35.1. The molecule has 6 bridgehead atoms. The van der Waals surface area contributed by atoms with Crippen molar-refractivity contribution in [3.63, 3.8) is 0 Å². The molecule has 4 aromatic rings. The Morgan fingerprint density at radius 2 is 1.51 bits per heavy atom. The molecule has 2 atom stereocenters. The van der Waals surface area contributed by atoms with E-state index in [9.17, 15) is 5.11 Å². The number of nitrogens with zero attached hydrogens (tertiary/aromatic N) is 2. The second-order valence-electron chi connectivity index (χ2n) is 14.4. The van der Waals surface area contributed by atoms with Crippen LogP contribution in [0.1, 0.15) is 70.4 Å². The molecule has 4 aliphatic rings. The molecule has 0 aromatic heterocycles. The van der Waals surface area contributed by atoms with E-state index in [1.807, 2.05) is 18.2 Å². The predicted molar refractivity (Wildman–Crippen MR) is 199 cm³/mol. The molecule has 2 N–H and O–H groups in total. The summed E-state index contributed by atoms with van der Waals surface area (Å²) in [5.74, 6) is 4.61.